The van der Waals surface area contributed by atoms with Crippen LogP contribution < -0.4 is 5.56 Å². The lowest BCUT2D eigenvalue weighted by Gasteiger charge is -2.22. The lowest BCUT2D eigenvalue weighted by Crippen LogP contribution is -2.14. The first-order valence-electron chi connectivity index (χ1n) is 7.96. The number of aliphatic imine (C=N–C) groups is 1. The number of thioether (sulfide) groups is 1. The Kier molecular flexibility index (Phi) is 3.57. The second-order valence-corrected chi connectivity index (χ2v) is 7.49. The highest BCUT2D eigenvalue weighted by molar-refractivity contribution is 8.14. The second-order valence-electron chi connectivity index (χ2n) is 6.19. The minimum absolute atomic E-state index is 0.0691. The number of nitrogens with zero attached hydrogens (tertiary/aromatic N) is 3. The van der Waals surface area contributed by atoms with Crippen LogP contribution in [0.15, 0.2) is 46.3 Å². The summed E-state index contributed by atoms with van der Waals surface area (Å²) >= 11 is 1.61. The largest absolute Gasteiger partial charge is 0.271 e. The fourth-order valence-corrected chi connectivity index (χ4v) is 4.27. The molecule has 0 saturated carbocycles. The average molecular weight is 338 g/mol. The van der Waals surface area contributed by atoms with E-state index in [2.05, 4.69) is 21.1 Å². The van der Waals surface area contributed by atoms with E-state index in [0.717, 1.165) is 32.9 Å². The van der Waals surface area contributed by atoms with Crippen LogP contribution in [0, 0.1) is 0 Å². The van der Waals surface area contributed by atoms with Gasteiger partial charge in [0.2, 0.25) is 0 Å². The van der Waals surface area contributed by atoms with Crippen molar-refractivity contribution in [2.45, 2.75) is 32.1 Å². The average Bonchev–Trinajstić information content (AvgIpc) is 2.90. The third-order valence-electron chi connectivity index (χ3n) is 4.21. The van der Waals surface area contributed by atoms with Crippen LogP contribution >= 0.6 is 11.8 Å². The van der Waals surface area contributed by atoms with Crippen molar-refractivity contribution >= 4 is 33.5 Å². The van der Waals surface area contributed by atoms with Crippen molar-refractivity contribution in [2.24, 2.45) is 4.99 Å². The van der Waals surface area contributed by atoms with E-state index in [1.54, 1.807) is 18.0 Å². The van der Waals surface area contributed by atoms with Crippen molar-refractivity contribution in [1.82, 2.24) is 14.8 Å². The number of hydrogen-bond acceptors (Lipinski definition) is 4. The molecule has 0 radical (unpaired) electrons. The Labute approximate surface area is 143 Å². The van der Waals surface area contributed by atoms with Gasteiger partial charge in [-0.3, -0.25) is 19.6 Å². The molecule has 2 aromatic heterocycles. The van der Waals surface area contributed by atoms with Gasteiger partial charge in [-0.1, -0.05) is 36.0 Å². The molecule has 0 bridgehead atoms. The monoisotopic (exact) mass is 338 g/mol. The van der Waals surface area contributed by atoms with Crippen LogP contribution in [0.4, 0.5) is 5.82 Å². The number of hydrogen-bond donors (Lipinski definition) is 1. The molecule has 24 heavy (non-hydrogen) atoms. The number of pyridine rings is 1. The Morgan fingerprint density at radius 1 is 1.25 bits per heavy atom. The summed E-state index contributed by atoms with van der Waals surface area (Å²) in [5.41, 5.74) is 2.65. The van der Waals surface area contributed by atoms with Crippen molar-refractivity contribution < 1.29 is 0 Å². The number of aromatic nitrogens is 3. The van der Waals surface area contributed by atoms with Crippen LogP contribution in [0.25, 0.3) is 10.9 Å². The van der Waals surface area contributed by atoms with Crippen molar-refractivity contribution in [2.75, 3.05) is 0 Å². The zero-order chi connectivity index (χ0) is 16.8. The number of nitrogens with one attached hydrogen (secondary N) is 1. The molecule has 5 nitrogen and oxygen atoms in total. The van der Waals surface area contributed by atoms with Crippen molar-refractivity contribution in [1.29, 1.82) is 0 Å². The van der Waals surface area contributed by atoms with E-state index < -0.39 is 0 Å². The molecule has 0 aliphatic carbocycles. The molecule has 122 valence electrons. The smallest absolute Gasteiger partial charge is 0.268 e. The molecular formula is C18H18N4OS. The molecular weight excluding hydrogens is 320 g/mol. The van der Waals surface area contributed by atoms with E-state index in [1.807, 2.05) is 49.7 Å². The molecule has 1 aliphatic heterocycles. The van der Waals surface area contributed by atoms with Gasteiger partial charge in [-0.15, -0.1) is 0 Å². The molecule has 1 aromatic carbocycles. The van der Waals surface area contributed by atoms with E-state index >= 15 is 0 Å². The van der Waals surface area contributed by atoms with Gasteiger partial charge in [-0.05, 0) is 32.4 Å². The summed E-state index contributed by atoms with van der Waals surface area (Å²) in [4.78, 5) is 21.8. The lowest BCUT2D eigenvalue weighted by atomic mass is 10.0. The Morgan fingerprint density at radius 3 is 2.83 bits per heavy atom. The van der Waals surface area contributed by atoms with Gasteiger partial charge in [0.15, 0.2) is 5.82 Å². The third kappa shape index (κ3) is 2.29. The minimum atomic E-state index is -0.0974. The second kappa shape index (κ2) is 5.63. The van der Waals surface area contributed by atoms with Crippen LogP contribution in [-0.2, 0) is 0 Å². The number of fused-ring (bicyclic) bond motifs is 2. The normalized spacial score (nSPS) is 17.2. The first kappa shape index (κ1) is 15.2. The molecule has 1 atom stereocenters. The summed E-state index contributed by atoms with van der Waals surface area (Å²) < 4.78 is 1.85. The topological polar surface area (TPSA) is 63.0 Å². The zero-order valence-corrected chi connectivity index (χ0v) is 14.6. The predicted octanol–water partition coefficient (Wildman–Crippen LogP) is 4.19. The summed E-state index contributed by atoms with van der Waals surface area (Å²) in [5.74, 6) is 0.740. The molecule has 3 heterocycles. The molecule has 6 heteroatoms. The van der Waals surface area contributed by atoms with Crippen LogP contribution in [0.1, 0.15) is 43.2 Å². The molecule has 1 aliphatic rings. The summed E-state index contributed by atoms with van der Waals surface area (Å²) in [6.07, 6.45) is 1.80. The zero-order valence-electron chi connectivity index (χ0n) is 13.8. The standard InChI is InChI=1S/C18H18N4OS/c1-10(2)22-17-14(18(23)21-22)16(24-11(3)20-17)13-8-4-6-12-7-5-9-19-15(12)13/h4-10,16H,1-3H3,(H,21,23)/t16-/m0/s1. The van der Waals surface area contributed by atoms with Gasteiger partial charge >= 0.3 is 0 Å². The van der Waals surface area contributed by atoms with E-state index in [-0.39, 0.29) is 16.9 Å². The molecule has 1 N–H and O–H groups in total. The Hall–Kier alpha value is -2.34. The van der Waals surface area contributed by atoms with Crippen molar-refractivity contribution in [3.8, 4) is 0 Å². The Morgan fingerprint density at radius 2 is 2.04 bits per heavy atom. The number of benzene rings is 1. The quantitative estimate of drug-likeness (QED) is 0.762. The van der Waals surface area contributed by atoms with Crippen LogP contribution in [0.3, 0.4) is 0 Å². The van der Waals surface area contributed by atoms with Gasteiger partial charge in [-0.25, -0.2) is 4.99 Å². The Bertz CT molecular complexity index is 1010. The van der Waals surface area contributed by atoms with E-state index in [0.29, 0.717) is 0 Å². The SMILES string of the molecule is CC1=Nc2c(c(=O)[nH]n2C(C)C)[C@H](c2cccc3cccnc23)S1. The van der Waals surface area contributed by atoms with Gasteiger partial charge in [0.05, 0.1) is 21.4 Å². The highest BCUT2D eigenvalue weighted by Gasteiger charge is 2.31. The molecule has 0 fully saturated rings. The van der Waals surface area contributed by atoms with E-state index in [4.69, 9.17) is 0 Å². The summed E-state index contributed by atoms with van der Waals surface area (Å²) in [7, 11) is 0. The number of rotatable bonds is 2. The molecule has 0 amide bonds. The maximum Gasteiger partial charge on any atom is 0.271 e. The molecule has 4 rings (SSSR count). The maximum atomic E-state index is 12.6. The van der Waals surface area contributed by atoms with Crippen LogP contribution in [0.2, 0.25) is 0 Å². The van der Waals surface area contributed by atoms with Crippen LogP contribution in [-0.4, -0.2) is 19.8 Å². The van der Waals surface area contributed by atoms with E-state index in [1.165, 1.54) is 0 Å². The molecule has 3 aromatic rings. The highest BCUT2D eigenvalue weighted by Crippen LogP contribution is 2.45. The highest BCUT2D eigenvalue weighted by atomic mass is 32.2. The summed E-state index contributed by atoms with van der Waals surface area (Å²) in [6.45, 7) is 6.07. The van der Waals surface area contributed by atoms with Gasteiger partial charge in [0.1, 0.15) is 0 Å². The molecule has 0 spiro atoms. The molecule has 0 unspecified atom stereocenters. The number of para-hydroxylation sites is 1. The van der Waals surface area contributed by atoms with Crippen LogP contribution in [0.5, 0.6) is 0 Å². The van der Waals surface area contributed by atoms with E-state index in [9.17, 15) is 4.79 Å². The van der Waals surface area contributed by atoms with Crippen molar-refractivity contribution in [3.63, 3.8) is 0 Å². The fraction of sp³-hybridized carbons (Fsp3) is 0.278. The first-order chi connectivity index (χ1) is 11.6. The lowest BCUT2D eigenvalue weighted by molar-refractivity contribution is 0.533. The third-order valence-corrected chi connectivity index (χ3v) is 5.37. The van der Waals surface area contributed by atoms with Gasteiger partial charge in [0, 0.05) is 17.6 Å². The van der Waals surface area contributed by atoms with Gasteiger partial charge in [-0.2, -0.15) is 0 Å². The first-order valence-corrected chi connectivity index (χ1v) is 8.84. The Balaban J connectivity index is 1.99. The minimum Gasteiger partial charge on any atom is -0.268 e. The fourth-order valence-electron chi connectivity index (χ4n) is 3.14. The maximum absolute atomic E-state index is 12.6. The van der Waals surface area contributed by atoms with Crippen molar-refractivity contribution in [3.05, 3.63) is 58.0 Å². The molecule has 0 saturated heterocycles. The van der Waals surface area contributed by atoms with Gasteiger partial charge < -0.3 is 0 Å². The van der Waals surface area contributed by atoms with Gasteiger partial charge in [0.25, 0.3) is 5.56 Å². The predicted molar refractivity (Wildman–Crippen MR) is 99.4 cm³/mol. The number of aromatic amines is 1. The summed E-state index contributed by atoms with van der Waals surface area (Å²) in [5, 5.41) is 4.88. The number of H-pyrrole nitrogens is 1. The summed E-state index contributed by atoms with van der Waals surface area (Å²) in [6, 6.07) is 10.2.